The Bertz CT molecular complexity index is 1050. The first-order chi connectivity index (χ1) is 13.5. The third kappa shape index (κ3) is 3.32. The minimum atomic E-state index is -0.807. The number of ether oxygens (including phenoxy) is 1. The highest BCUT2D eigenvalue weighted by atomic mass is 16.5. The minimum Gasteiger partial charge on any atom is -0.495 e. The van der Waals surface area contributed by atoms with Crippen molar-refractivity contribution in [1.29, 1.82) is 0 Å². The number of rotatable bonds is 4. The summed E-state index contributed by atoms with van der Waals surface area (Å²) in [5.41, 5.74) is 2.33. The molecule has 2 aromatic carbocycles. The molecule has 1 aliphatic heterocycles. The largest absolute Gasteiger partial charge is 0.495 e. The number of methoxy groups -OCH3 is 1. The molecule has 0 fully saturated rings. The fraction of sp³-hybridized carbons (Fsp3) is 0.200. The lowest BCUT2D eigenvalue weighted by atomic mass is 10.1. The van der Waals surface area contributed by atoms with E-state index < -0.39 is 6.04 Å². The quantitative estimate of drug-likeness (QED) is 0.729. The number of carbonyl (C=O) groups excluding carboxylic acids is 2. The standard InChI is InChI=1S/C20H19N5O3/c1-12-8-9-16(28-2)14(10-12)21-19(27)15-11-17(26)22-20-23-18(24-25(15)20)13-6-4-3-5-7-13/h3-10,15H,11H2,1-2H3,(H,21,27)(H,22,23,24,26)/t15-/m0/s1. The molecule has 0 spiro atoms. The van der Waals surface area contributed by atoms with Crippen molar-refractivity contribution in [3.63, 3.8) is 0 Å². The van der Waals surface area contributed by atoms with Crippen molar-refractivity contribution in [2.75, 3.05) is 17.7 Å². The van der Waals surface area contributed by atoms with E-state index in [2.05, 4.69) is 20.7 Å². The third-order valence-electron chi connectivity index (χ3n) is 4.50. The predicted molar refractivity (Wildman–Crippen MR) is 104 cm³/mol. The first-order valence-corrected chi connectivity index (χ1v) is 8.82. The molecule has 0 saturated heterocycles. The summed E-state index contributed by atoms with van der Waals surface area (Å²) in [7, 11) is 1.54. The normalized spacial score (nSPS) is 15.5. The third-order valence-corrected chi connectivity index (χ3v) is 4.50. The lowest BCUT2D eigenvalue weighted by molar-refractivity contribution is -0.125. The minimum absolute atomic E-state index is 0.0233. The zero-order valence-electron chi connectivity index (χ0n) is 15.5. The van der Waals surface area contributed by atoms with Gasteiger partial charge in [-0.25, -0.2) is 4.68 Å². The van der Waals surface area contributed by atoms with Crippen molar-refractivity contribution in [3.05, 3.63) is 54.1 Å². The van der Waals surface area contributed by atoms with Gasteiger partial charge in [-0.15, -0.1) is 5.10 Å². The van der Waals surface area contributed by atoms with Gasteiger partial charge >= 0.3 is 0 Å². The van der Waals surface area contributed by atoms with Crippen LogP contribution in [0, 0.1) is 6.92 Å². The summed E-state index contributed by atoms with van der Waals surface area (Å²) in [5, 5.41) is 9.98. The topological polar surface area (TPSA) is 98.1 Å². The Morgan fingerprint density at radius 2 is 2.04 bits per heavy atom. The van der Waals surface area contributed by atoms with E-state index in [4.69, 9.17) is 4.74 Å². The van der Waals surface area contributed by atoms with E-state index >= 15 is 0 Å². The van der Waals surface area contributed by atoms with Crippen molar-refractivity contribution in [2.45, 2.75) is 19.4 Å². The van der Waals surface area contributed by atoms with Gasteiger partial charge in [-0.05, 0) is 24.6 Å². The Balaban J connectivity index is 1.66. The van der Waals surface area contributed by atoms with Gasteiger partial charge in [0, 0.05) is 5.56 Å². The molecular formula is C20H19N5O3. The Kier molecular flexibility index (Phi) is 4.52. The Labute approximate surface area is 161 Å². The highest BCUT2D eigenvalue weighted by Crippen LogP contribution is 2.30. The van der Waals surface area contributed by atoms with Crippen LogP contribution in [0.4, 0.5) is 11.6 Å². The lowest BCUT2D eigenvalue weighted by Crippen LogP contribution is -2.36. The zero-order chi connectivity index (χ0) is 19.7. The van der Waals surface area contributed by atoms with E-state index in [0.717, 1.165) is 11.1 Å². The molecule has 0 bridgehead atoms. The summed E-state index contributed by atoms with van der Waals surface area (Å²) in [4.78, 5) is 29.5. The van der Waals surface area contributed by atoms with Gasteiger partial charge in [0.25, 0.3) is 0 Å². The maximum atomic E-state index is 13.0. The molecule has 1 aliphatic rings. The number of fused-ring (bicyclic) bond motifs is 1. The van der Waals surface area contributed by atoms with E-state index in [1.54, 1.807) is 6.07 Å². The molecule has 4 rings (SSSR count). The number of nitrogens with one attached hydrogen (secondary N) is 2. The molecule has 0 radical (unpaired) electrons. The number of amides is 2. The molecule has 28 heavy (non-hydrogen) atoms. The van der Waals surface area contributed by atoms with Crippen LogP contribution >= 0.6 is 0 Å². The van der Waals surface area contributed by atoms with E-state index in [1.807, 2.05) is 49.4 Å². The van der Waals surface area contributed by atoms with Crippen LogP contribution in [0.25, 0.3) is 11.4 Å². The molecule has 2 heterocycles. The second kappa shape index (κ2) is 7.15. The summed E-state index contributed by atoms with van der Waals surface area (Å²) in [6.45, 7) is 1.92. The molecule has 0 aliphatic carbocycles. The first kappa shape index (κ1) is 17.7. The van der Waals surface area contributed by atoms with Gasteiger partial charge in [0.2, 0.25) is 17.8 Å². The van der Waals surface area contributed by atoms with E-state index in [1.165, 1.54) is 11.8 Å². The maximum absolute atomic E-state index is 13.0. The van der Waals surface area contributed by atoms with Crippen LogP contribution in [0.1, 0.15) is 18.0 Å². The second-order valence-corrected chi connectivity index (χ2v) is 6.53. The average Bonchev–Trinajstić information content (AvgIpc) is 3.12. The summed E-state index contributed by atoms with van der Waals surface area (Å²) in [6.07, 6.45) is -0.0233. The Hall–Kier alpha value is -3.68. The lowest BCUT2D eigenvalue weighted by Gasteiger charge is -2.23. The Morgan fingerprint density at radius 1 is 1.25 bits per heavy atom. The summed E-state index contributed by atoms with van der Waals surface area (Å²) >= 11 is 0. The summed E-state index contributed by atoms with van der Waals surface area (Å²) in [5.74, 6) is 0.610. The Morgan fingerprint density at radius 3 is 2.79 bits per heavy atom. The van der Waals surface area contributed by atoms with Crippen LogP contribution in [0.2, 0.25) is 0 Å². The van der Waals surface area contributed by atoms with Crippen molar-refractivity contribution >= 4 is 23.5 Å². The van der Waals surface area contributed by atoms with Crippen LogP contribution < -0.4 is 15.4 Å². The van der Waals surface area contributed by atoms with Gasteiger partial charge in [-0.2, -0.15) is 4.98 Å². The van der Waals surface area contributed by atoms with Crippen LogP contribution in [0.15, 0.2) is 48.5 Å². The van der Waals surface area contributed by atoms with Crippen LogP contribution in [-0.2, 0) is 9.59 Å². The van der Waals surface area contributed by atoms with E-state index in [9.17, 15) is 9.59 Å². The number of aryl methyl sites for hydroxylation is 1. The number of nitrogens with zero attached hydrogens (tertiary/aromatic N) is 3. The maximum Gasteiger partial charge on any atom is 0.250 e. The molecule has 3 aromatic rings. The van der Waals surface area contributed by atoms with Gasteiger partial charge < -0.3 is 10.1 Å². The van der Waals surface area contributed by atoms with Crippen molar-refractivity contribution in [3.8, 4) is 17.1 Å². The number of aromatic nitrogens is 3. The second-order valence-electron chi connectivity index (χ2n) is 6.53. The van der Waals surface area contributed by atoms with Crippen molar-refractivity contribution < 1.29 is 14.3 Å². The molecule has 2 amide bonds. The molecule has 0 saturated carbocycles. The number of benzene rings is 2. The number of hydrogen-bond donors (Lipinski definition) is 2. The smallest absolute Gasteiger partial charge is 0.250 e. The molecular weight excluding hydrogens is 358 g/mol. The van der Waals surface area contributed by atoms with Crippen LogP contribution in [0.5, 0.6) is 5.75 Å². The zero-order valence-corrected chi connectivity index (χ0v) is 15.5. The van der Waals surface area contributed by atoms with Crippen LogP contribution in [-0.4, -0.2) is 33.7 Å². The van der Waals surface area contributed by atoms with Gasteiger partial charge in [0.05, 0.1) is 19.2 Å². The summed E-state index contributed by atoms with van der Waals surface area (Å²) in [6, 6.07) is 14.1. The van der Waals surface area contributed by atoms with Crippen molar-refractivity contribution in [1.82, 2.24) is 14.8 Å². The fourth-order valence-electron chi connectivity index (χ4n) is 3.11. The van der Waals surface area contributed by atoms with E-state index in [0.29, 0.717) is 17.3 Å². The predicted octanol–water partition coefficient (Wildman–Crippen LogP) is 2.78. The highest BCUT2D eigenvalue weighted by Gasteiger charge is 2.33. The molecule has 1 atom stereocenters. The van der Waals surface area contributed by atoms with Crippen molar-refractivity contribution in [2.24, 2.45) is 0 Å². The molecule has 142 valence electrons. The molecule has 0 unspecified atom stereocenters. The molecule has 8 heteroatoms. The number of hydrogen-bond acceptors (Lipinski definition) is 5. The van der Waals surface area contributed by atoms with Gasteiger partial charge in [-0.1, -0.05) is 36.4 Å². The van der Waals surface area contributed by atoms with Gasteiger partial charge in [0.1, 0.15) is 11.8 Å². The average molecular weight is 377 g/mol. The number of carbonyl (C=O) groups is 2. The fourth-order valence-corrected chi connectivity index (χ4v) is 3.11. The van der Waals surface area contributed by atoms with Gasteiger partial charge in [-0.3, -0.25) is 14.9 Å². The SMILES string of the molecule is COc1ccc(C)cc1NC(=O)[C@@H]1CC(=O)Nc2nc(-c3ccccc3)nn21. The molecule has 2 N–H and O–H groups in total. The van der Waals surface area contributed by atoms with E-state index in [-0.39, 0.29) is 24.2 Å². The van der Waals surface area contributed by atoms with Crippen LogP contribution in [0.3, 0.4) is 0 Å². The molecule has 8 nitrogen and oxygen atoms in total. The molecule has 1 aromatic heterocycles. The highest BCUT2D eigenvalue weighted by molar-refractivity contribution is 6.01. The number of anilines is 2. The van der Waals surface area contributed by atoms with Gasteiger partial charge in [0.15, 0.2) is 5.82 Å². The first-order valence-electron chi connectivity index (χ1n) is 8.82. The monoisotopic (exact) mass is 377 g/mol. The summed E-state index contributed by atoms with van der Waals surface area (Å²) < 4.78 is 6.77.